The molecular weight excluding hydrogens is 478 g/mol. The van der Waals surface area contributed by atoms with Gasteiger partial charge in [-0.25, -0.2) is 9.97 Å². The lowest BCUT2D eigenvalue weighted by molar-refractivity contribution is 0.102. The summed E-state index contributed by atoms with van der Waals surface area (Å²) in [6.45, 7) is 3.65. The summed E-state index contributed by atoms with van der Waals surface area (Å²) in [4.78, 5) is 22.1. The molecule has 1 aromatic carbocycles. The first-order chi connectivity index (χ1) is 17.2. The Morgan fingerprint density at radius 2 is 1.97 bits per heavy atom. The third-order valence-electron chi connectivity index (χ3n) is 5.77. The van der Waals surface area contributed by atoms with Crippen molar-refractivity contribution in [2.75, 3.05) is 18.5 Å². The molecule has 9 nitrogen and oxygen atoms in total. The van der Waals surface area contributed by atoms with E-state index in [9.17, 15) is 4.79 Å². The number of ether oxygens (including phenoxy) is 1. The number of halogens is 1. The van der Waals surface area contributed by atoms with Gasteiger partial charge in [-0.15, -0.1) is 12.4 Å². The van der Waals surface area contributed by atoms with E-state index in [-0.39, 0.29) is 18.3 Å². The normalized spacial score (nSPS) is 10.9. The van der Waals surface area contributed by atoms with Gasteiger partial charge in [0.05, 0.1) is 41.9 Å². The molecule has 4 heterocycles. The number of hydrogen-bond donors (Lipinski definition) is 2. The Morgan fingerprint density at radius 1 is 1.11 bits per heavy atom. The van der Waals surface area contributed by atoms with Crippen LogP contribution in [-0.4, -0.2) is 43.2 Å². The van der Waals surface area contributed by atoms with Crippen molar-refractivity contribution in [3.63, 3.8) is 0 Å². The molecule has 186 valence electrons. The van der Waals surface area contributed by atoms with Crippen LogP contribution in [0.1, 0.15) is 35.2 Å². The Hall–Kier alpha value is -3.95. The van der Waals surface area contributed by atoms with Crippen molar-refractivity contribution in [3.05, 3.63) is 84.1 Å². The van der Waals surface area contributed by atoms with Crippen LogP contribution in [0, 0.1) is 0 Å². The number of imidazole rings is 1. The number of amides is 1. The van der Waals surface area contributed by atoms with Crippen molar-refractivity contribution in [3.8, 4) is 5.88 Å². The molecule has 0 bridgehead atoms. The highest BCUT2D eigenvalue weighted by atomic mass is 35.5. The molecule has 0 atom stereocenters. The Balaban J connectivity index is 0.00000304. The number of hydrogen-bond acceptors (Lipinski definition) is 6. The van der Waals surface area contributed by atoms with Gasteiger partial charge in [0.25, 0.3) is 5.91 Å². The summed E-state index contributed by atoms with van der Waals surface area (Å²) >= 11 is 0. The standard InChI is InChI=1S/C26H27N7O2.ClH/c1-2-19-25-20(30-26(34)22-16-28-23-11-3-4-14-32(22)23)9-6-10-21(25)33(31-19)17-18-8-5-12-24(29-18)35-15-7-13-27;/h3-6,8-12,14,16H,2,7,13,15,17,27H2,1H3,(H,30,34);1H. The second kappa shape index (κ2) is 11.2. The van der Waals surface area contributed by atoms with Gasteiger partial charge in [0, 0.05) is 17.6 Å². The third kappa shape index (κ3) is 5.02. The maximum Gasteiger partial charge on any atom is 0.274 e. The minimum Gasteiger partial charge on any atom is -0.478 e. The largest absolute Gasteiger partial charge is 0.478 e. The van der Waals surface area contributed by atoms with Crippen molar-refractivity contribution in [2.24, 2.45) is 5.73 Å². The van der Waals surface area contributed by atoms with Crippen molar-refractivity contribution in [1.29, 1.82) is 0 Å². The summed E-state index contributed by atoms with van der Waals surface area (Å²) < 4.78 is 9.38. The second-order valence-electron chi connectivity index (χ2n) is 8.14. The molecule has 4 aromatic heterocycles. The van der Waals surface area contributed by atoms with Gasteiger partial charge in [-0.3, -0.25) is 13.9 Å². The molecule has 0 aliphatic rings. The minimum absolute atomic E-state index is 0. The molecule has 0 radical (unpaired) electrons. The number of carbonyl (C=O) groups excluding carboxylic acids is 1. The van der Waals surface area contributed by atoms with Crippen LogP contribution in [-0.2, 0) is 13.0 Å². The van der Waals surface area contributed by atoms with Crippen LogP contribution >= 0.6 is 12.4 Å². The van der Waals surface area contributed by atoms with E-state index in [1.807, 2.05) is 65.5 Å². The zero-order valence-corrected chi connectivity index (χ0v) is 20.7. The van der Waals surface area contributed by atoms with Crippen LogP contribution in [0.5, 0.6) is 5.88 Å². The fraction of sp³-hybridized carbons (Fsp3) is 0.231. The van der Waals surface area contributed by atoms with E-state index in [4.69, 9.17) is 15.6 Å². The third-order valence-corrected chi connectivity index (χ3v) is 5.77. The maximum atomic E-state index is 13.1. The minimum atomic E-state index is -0.227. The van der Waals surface area contributed by atoms with Gasteiger partial charge >= 0.3 is 0 Å². The number of nitrogens with zero attached hydrogens (tertiary/aromatic N) is 5. The monoisotopic (exact) mass is 505 g/mol. The highest BCUT2D eigenvalue weighted by Crippen LogP contribution is 2.28. The summed E-state index contributed by atoms with van der Waals surface area (Å²) in [6, 6.07) is 17.2. The van der Waals surface area contributed by atoms with Gasteiger partial charge in [0.15, 0.2) is 0 Å². The maximum absolute atomic E-state index is 13.1. The van der Waals surface area contributed by atoms with E-state index < -0.39 is 0 Å². The predicted octanol–water partition coefficient (Wildman–Crippen LogP) is 4.09. The van der Waals surface area contributed by atoms with E-state index >= 15 is 0 Å². The quantitative estimate of drug-likeness (QED) is 0.292. The number of aryl methyl sites for hydroxylation is 1. The molecule has 36 heavy (non-hydrogen) atoms. The topological polar surface area (TPSA) is 112 Å². The van der Waals surface area contributed by atoms with Gasteiger partial charge in [0.2, 0.25) is 5.88 Å². The van der Waals surface area contributed by atoms with Gasteiger partial charge < -0.3 is 15.8 Å². The molecule has 0 aliphatic carbocycles. The van der Waals surface area contributed by atoms with Gasteiger partial charge in [-0.2, -0.15) is 5.10 Å². The van der Waals surface area contributed by atoms with Gasteiger partial charge in [-0.05, 0) is 49.7 Å². The molecular formula is C26H28ClN7O2. The summed E-state index contributed by atoms with van der Waals surface area (Å²) in [7, 11) is 0. The molecule has 0 aliphatic heterocycles. The zero-order valence-electron chi connectivity index (χ0n) is 19.9. The first kappa shape index (κ1) is 25.2. The Bertz CT molecular complexity index is 1490. The molecule has 3 N–H and O–H groups in total. The molecule has 5 aromatic rings. The molecule has 0 spiro atoms. The number of nitrogens with two attached hydrogens (primary N) is 1. The molecule has 10 heteroatoms. The summed E-state index contributed by atoms with van der Waals surface area (Å²) in [5.41, 5.74) is 10.1. The fourth-order valence-corrected chi connectivity index (χ4v) is 4.11. The first-order valence-corrected chi connectivity index (χ1v) is 11.7. The number of fused-ring (bicyclic) bond motifs is 2. The summed E-state index contributed by atoms with van der Waals surface area (Å²) in [6.07, 6.45) is 4.91. The number of nitrogens with one attached hydrogen (secondary N) is 1. The van der Waals surface area contributed by atoms with E-state index in [1.54, 1.807) is 10.6 Å². The Labute approximate surface area is 214 Å². The second-order valence-corrected chi connectivity index (χ2v) is 8.14. The molecule has 0 fully saturated rings. The van der Waals surface area contributed by atoms with Crippen LogP contribution in [0.4, 0.5) is 5.69 Å². The van der Waals surface area contributed by atoms with Crippen LogP contribution in [0.3, 0.4) is 0 Å². The molecule has 0 saturated carbocycles. The number of anilines is 1. The first-order valence-electron chi connectivity index (χ1n) is 11.7. The molecule has 1 amide bonds. The van der Waals surface area contributed by atoms with Crippen molar-refractivity contribution >= 4 is 40.6 Å². The number of rotatable bonds is 9. The van der Waals surface area contributed by atoms with Gasteiger partial charge in [0.1, 0.15) is 11.3 Å². The highest BCUT2D eigenvalue weighted by molar-refractivity contribution is 6.08. The lowest BCUT2D eigenvalue weighted by Crippen LogP contribution is -2.14. The highest BCUT2D eigenvalue weighted by Gasteiger charge is 2.18. The fourth-order valence-electron chi connectivity index (χ4n) is 4.11. The van der Waals surface area contributed by atoms with E-state index in [2.05, 4.69) is 22.2 Å². The lowest BCUT2D eigenvalue weighted by atomic mass is 10.1. The van der Waals surface area contributed by atoms with Crippen LogP contribution < -0.4 is 15.8 Å². The van der Waals surface area contributed by atoms with E-state index in [1.165, 1.54) is 0 Å². The molecule has 0 saturated heterocycles. The van der Waals surface area contributed by atoms with Crippen molar-refractivity contribution < 1.29 is 9.53 Å². The number of benzene rings is 1. The van der Waals surface area contributed by atoms with Crippen molar-refractivity contribution in [1.82, 2.24) is 24.1 Å². The number of carbonyl (C=O) groups is 1. The average molecular weight is 506 g/mol. The summed E-state index contributed by atoms with van der Waals surface area (Å²) in [5, 5.41) is 8.83. The van der Waals surface area contributed by atoms with Gasteiger partial charge in [-0.1, -0.05) is 25.1 Å². The number of aromatic nitrogens is 5. The summed E-state index contributed by atoms with van der Waals surface area (Å²) in [5.74, 6) is 0.346. The number of pyridine rings is 2. The van der Waals surface area contributed by atoms with Crippen LogP contribution in [0.2, 0.25) is 0 Å². The lowest BCUT2D eigenvalue weighted by Gasteiger charge is -2.09. The molecule has 0 unspecified atom stereocenters. The average Bonchev–Trinajstić information content (AvgIpc) is 3.47. The zero-order chi connectivity index (χ0) is 24.2. The Morgan fingerprint density at radius 3 is 2.81 bits per heavy atom. The van der Waals surface area contributed by atoms with E-state index in [0.29, 0.717) is 37.0 Å². The van der Waals surface area contributed by atoms with E-state index in [0.717, 1.165) is 40.8 Å². The predicted molar refractivity (Wildman–Crippen MR) is 142 cm³/mol. The van der Waals surface area contributed by atoms with Crippen LogP contribution in [0.15, 0.2) is 67.0 Å². The van der Waals surface area contributed by atoms with Crippen LogP contribution in [0.25, 0.3) is 16.6 Å². The Kier molecular flexibility index (Phi) is 7.82. The van der Waals surface area contributed by atoms with Crippen molar-refractivity contribution in [2.45, 2.75) is 26.3 Å². The SMILES string of the molecule is CCc1nn(Cc2cccc(OCCCN)n2)c2cccc(NC(=O)c3cnc4ccccn34)c12.Cl. The molecule has 5 rings (SSSR count). The smallest absolute Gasteiger partial charge is 0.274 e.